The lowest BCUT2D eigenvalue weighted by atomic mass is 10.0. The van der Waals surface area contributed by atoms with Gasteiger partial charge in [0.15, 0.2) is 0 Å². The van der Waals surface area contributed by atoms with E-state index in [2.05, 4.69) is 9.72 Å². The second-order valence-electron chi connectivity index (χ2n) is 3.35. The summed E-state index contributed by atoms with van der Waals surface area (Å²) in [6, 6.07) is 0. The number of hydrogen-bond donors (Lipinski definition) is 0. The molecule has 0 aromatic carbocycles. The van der Waals surface area contributed by atoms with Gasteiger partial charge in [-0.2, -0.15) is 0 Å². The fraction of sp³-hybridized carbons (Fsp3) is 0.455. The van der Waals surface area contributed by atoms with Crippen LogP contribution in [0.15, 0.2) is 6.20 Å². The first kappa shape index (κ1) is 14.6. The van der Waals surface area contributed by atoms with E-state index in [0.29, 0.717) is 0 Å². The minimum Gasteiger partial charge on any atom is -0.495 e. The number of pyridine rings is 1. The molecular formula is C11H12ClF2NO3. The number of ether oxygens (including phenoxy) is 2. The summed E-state index contributed by atoms with van der Waals surface area (Å²) in [5.41, 5.74) is -0.0853. The first-order valence-corrected chi connectivity index (χ1v) is 5.54. The van der Waals surface area contributed by atoms with Crippen molar-refractivity contribution in [2.45, 2.75) is 18.7 Å². The van der Waals surface area contributed by atoms with Crippen LogP contribution in [0.4, 0.5) is 8.78 Å². The maximum absolute atomic E-state index is 13.0. The van der Waals surface area contributed by atoms with Gasteiger partial charge in [0.1, 0.15) is 5.75 Å². The molecule has 4 nitrogen and oxygen atoms in total. The van der Waals surface area contributed by atoms with Crippen LogP contribution in [0.1, 0.15) is 23.2 Å². The number of carbonyl (C=O) groups is 1. The van der Waals surface area contributed by atoms with Crippen LogP contribution < -0.4 is 4.74 Å². The molecule has 0 spiro atoms. The van der Waals surface area contributed by atoms with Gasteiger partial charge in [-0.1, -0.05) is 0 Å². The first-order valence-electron chi connectivity index (χ1n) is 5.00. The lowest BCUT2D eigenvalue weighted by Crippen LogP contribution is -2.12. The molecular weight excluding hydrogens is 268 g/mol. The molecule has 0 radical (unpaired) electrons. The zero-order chi connectivity index (χ0) is 13.7. The largest absolute Gasteiger partial charge is 0.495 e. The van der Waals surface area contributed by atoms with E-state index in [1.54, 1.807) is 0 Å². The first-order chi connectivity index (χ1) is 8.54. The monoisotopic (exact) mass is 279 g/mol. The summed E-state index contributed by atoms with van der Waals surface area (Å²) >= 11 is 5.63. The Kier molecular flexibility index (Phi) is 5.27. The number of rotatable bonds is 5. The summed E-state index contributed by atoms with van der Waals surface area (Å²) in [4.78, 5) is 15.1. The minimum absolute atomic E-state index is 0.0613. The number of esters is 1. The summed E-state index contributed by atoms with van der Waals surface area (Å²) in [5, 5.41) is 0. The molecule has 1 aromatic heterocycles. The quantitative estimate of drug-likeness (QED) is 0.614. The van der Waals surface area contributed by atoms with Crippen molar-refractivity contribution in [3.8, 4) is 5.75 Å². The molecule has 0 saturated carbocycles. The Morgan fingerprint density at radius 2 is 2.17 bits per heavy atom. The average molecular weight is 280 g/mol. The van der Waals surface area contributed by atoms with Crippen molar-refractivity contribution >= 4 is 17.6 Å². The van der Waals surface area contributed by atoms with Gasteiger partial charge in [0.2, 0.25) is 0 Å². The van der Waals surface area contributed by atoms with E-state index in [-0.39, 0.29) is 34.9 Å². The molecule has 0 aliphatic carbocycles. The lowest BCUT2D eigenvalue weighted by Gasteiger charge is -2.15. The summed E-state index contributed by atoms with van der Waals surface area (Å²) in [6.07, 6.45) is -1.94. The van der Waals surface area contributed by atoms with Crippen LogP contribution in [0.2, 0.25) is 0 Å². The third-order valence-electron chi connectivity index (χ3n) is 2.39. The van der Waals surface area contributed by atoms with Crippen molar-refractivity contribution in [2.75, 3.05) is 14.2 Å². The van der Waals surface area contributed by atoms with Crippen LogP contribution >= 0.6 is 11.6 Å². The van der Waals surface area contributed by atoms with Gasteiger partial charge in [-0.3, -0.25) is 9.78 Å². The fourth-order valence-corrected chi connectivity index (χ4v) is 1.75. The van der Waals surface area contributed by atoms with Gasteiger partial charge in [0.25, 0.3) is 6.43 Å². The molecule has 100 valence electrons. The van der Waals surface area contributed by atoms with Gasteiger partial charge < -0.3 is 9.47 Å². The van der Waals surface area contributed by atoms with Crippen LogP contribution in [0.3, 0.4) is 0 Å². The minimum atomic E-state index is -2.79. The van der Waals surface area contributed by atoms with Crippen molar-refractivity contribution in [3.63, 3.8) is 0 Å². The predicted octanol–water partition coefficient (Wildman–Crippen LogP) is 2.48. The van der Waals surface area contributed by atoms with Gasteiger partial charge in [-0.25, -0.2) is 8.78 Å². The van der Waals surface area contributed by atoms with Crippen LogP contribution in [-0.4, -0.2) is 25.2 Å². The molecule has 1 rings (SSSR count). The van der Waals surface area contributed by atoms with Gasteiger partial charge in [-0.15, -0.1) is 11.6 Å². The van der Waals surface area contributed by atoms with E-state index >= 15 is 0 Å². The molecule has 0 unspecified atom stereocenters. The van der Waals surface area contributed by atoms with Crippen LogP contribution in [0.25, 0.3) is 0 Å². The van der Waals surface area contributed by atoms with Crippen molar-refractivity contribution in [1.82, 2.24) is 4.98 Å². The second-order valence-corrected chi connectivity index (χ2v) is 3.62. The molecule has 1 heterocycles. The maximum Gasteiger partial charge on any atom is 0.310 e. The molecule has 0 fully saturated rings. The number of halogens is 3. The molecule has 0 atom stereocenters. The predicted molar refractivity (Wildman–Crippen MR) is 61.0 cm³/mol. The van der Waals surface area contributed by atoms with E-state index in [9.17, 15) is 13.6 Å². The standard InChI is InChI=1S/C11H12ClF2NO3/c1-17-8-5-15-7(4-12)6(3-9(16)18-2)10(8)11(13)14/h5,11H,3-4H2,1-2H3. The van der Waals surface area contributed by atoms with E-state index in [0.717, 1.165) is 0 Å². The van der Waals surface area contributed by atoms with Crippen molar-refractivity contribution in [2.24, 2.45) is 0 Å². The summed E-state index contributed by atoms with van der Waals surface area (Å²) in [5.74, 6) is -0.785. The topological polar surface area (TPSA) is 48.4 Å². The van der Waals surface area contributed by atoms with E-state index in [1.807, 2.05) is 0 Å². The maximum atomic E-state index is 13.0. The normalized spacial score (nSPS) is 10.6. The second kappa shape index (κ2) is 6.49. The van der Waals surface area contributed by atoms with Crippen LogP contribution in [0, 0.1) is 0 Å². The number of hydrogen-bond acceptors (Lipinski definition) is 4. The van der Waals surface area contributed by atoms with Gasteiger partial charge in [-0.05, 0) is 5.56 Å². The smallest absolute Gasteiger partial charge is 0.310 e. The Morgan fingerprint density at radius 1 is 1.50 bits per heavy atom. The number of carbonyl (C=O) groups excluding carboxylic acids is 1. The summed E-state index contributed by atoms with van der Waals surface area (Å²) < 4.78 is 35.4. The van der Waals surface area contributed by atoms with Crippen molar-refractivity contribution < 1.29 is 23.0 Å². The molecule has 0 bridgehead atoms. The number of methoxy groups -OCH3 is 2. The zero-order valence-electron chi connectivity index (χ0n) is 9.87. The molecule has 18 heavy (non-hydrogen) atoms. The number of nitrogens with zero attached hydrogens (tertiary/aromatic N) is 1. The molecule has 7 heteroatoms. The number of alkyl halides is 3. The third-order valence-corrected chi connectivity index (χ3v) is 2.64. The van der Waals surface area contributed by atoms with E-state index in [4.69, 9.17) is 16.3 Å². The highest BCUT2D eigenvalue weighted by Crippen LogP contribution is 2.33. The van der Waals surface area contributed by atoms with Crippen LogP contribution in [0.5, 0.6) is 5.75 Å². The Labute approximate surface area is 108 Å². The molecule has 1 aromatic rings. The van der Waals surface area contributed by atoms with Gasteiger partial charge >= 0.3 is 5.97 Å². The highest BCUT2D eigenvalue weighted by molar-refractivity contribution is 6.17. The Bertz CT molecular complexity index is 441. The highest BCUT2D eigenvalue weighted by Gasteiger charge is 2.24. The fourth-order valence-electron chi connectivity index (χ4n) is 1.52. The Morgan fingerprint density at radius 3 is 2.61 bits per heavy atom. The Balaban J connectivity index is 3.35. The molecule has 0 aliphatic heterocycles. The van der Waals surface area contributed by atoms with E-state index in [1.165, 1.54) is 20.4 Å². The summed E-state index contributed by atoms with van der Waals surface area (Å²) in [6.45, 7) is 0. The Hall–Kier alpha value is -1.43. The van der Waals surface area contributed by atoms with Crippen LogP contribution in [-0.2, 0) is 21.8 Å². The average Bonchev–Trinajstić information content (AvgIpc) is 2.37. The lowest BCUT2D eigenvalue weighted by molar-refractivity contribution is -0.139. The van der Waals surface area contributed by atoms with Gasteiger partial charge in [0, 0.05) is 0 Å². The summed E-state index contributed by atoms with van der Waals surface area (Å²) in [7, 11) is 2.43. The molecule has 0 amide bonds. The van der Waals surface area contributed by atoms with Crippen molar-refractivity contribution in [3.05, 3.63) is 23.0 Å². The van der Waals surface area contributed by atoms with E-state index < -0.39 is 12.4 Å². The number of aromatic nitrogens is 1. The van der Waals surface area contributed by atoms with Gasteiger partial charge in [0.05, 0.1) is 44.0 Å². The SMILES string of the molecule is COC(=O)Cc1c(CCl)ncc(OC)c1C(F)F. The zero-order valence-corrected chi connectivity index (χ0v) is 10.6. The highest BCUT2D eigenvalue weighted by atomic mass is 35.5. The third kappa shape index (κ3) is 3.07. The molecule has 0 aliphatic rings. The molecule has 0 saturated heterocycles. The molecule has 0 N–H and O–H groups in total. The van der Waals surface area contributed by atoms with Crippen molar-refractivity contribution in [1.29, 1.82) is 0 Å².